The van der Waals surface area contributed by atoms with Gasteiger partial charge in [0.2, 0.25) is 0 Å². The molecule has 0 saturated heterocycles. The maximum Gasteiger partial charge on any atom is 0.431 e. The summed E-state index contributed by atoms with van der Waals surface area (Å²) in [6.07, 6.45) is -36.0. The summed E-state index contributed by atoms with van der Waals surface area (Å²) in [7, 11) is 0. The summed E-state index contributed by atoms with van der Waals surface area (Å²) in [5.41, 5.74) is -13.8. The van der Waals surface area contributed by atoms with Gasteiger partial charge < -0.3 is 0 Å². The summed E-state index contributed by atoms with van der Waals surface area (Å²) in [5.74, 6) is -4.82. The van der Waals surface area contributed by atoms with Crippen LogP contribution in [-0.2, 0) is 0 Å². The number of hydrogen-bond acceptors (Lipinski definition) is 0. The average Bonchev–Trinajstić information content (AvgIpc) is 2.29. The molecule has 0 aliphatic rings. The molecule has 0 aliphatic carbocycles. The lowest BCUT2D eigenvalue weighted by Gasteiger charge is -2.41. The van der Waals surface area contributed by atoms with Gasteiger partial charge in [-0.15, -0.1) is 0 Å². The maximum absolute atomic E-state index is 13.8. The first kappa shape index (κ1) is 26.6. The lowest BCUT2D eigenvalue weighted by atomic mass is 9.77. The van der Waals surface area contributed by atoms with E-state index in [-0.39, 0.29) is 22.6 Å². The lowest BCUT2D eigenvalue weighted by Crippen LogP contribution is -2.63. The van der Waals surface area contributed by atoms with Crippen molar-refractivity contribution in [2.24, 2.45) is 5.92 Å². The Hall–Kier alpha value is -0.390. The van der Waals surface area contributed by atoms with Crippen LogP contribution in [0, 0.1) is 5.92 Å². The lowest BCUT2D eigenvalue weighted by molar-refractivity contribution is -0.381. The third kappa shape index (κ3) is 5.36. The van der Waals surface area contributed by atoms with Gasteiger partial charge >= 0.3 is 30.4 Å². The fraction of sp³-hybridized carbons (Fsp3) is 1.00. The molecule has 0 amide bonds. The first-order valence-corrected chi connectivity index (χ1v) is 7.10. The van der Waals surface area contributed by atoms with E-state index in [1.54, 1.807) is 0 Å². The van der Waals surface area contributed by atoms with Gasteiger partial charge in [0.15, 0.2) is 0 Å². The Morgan fingerprint density at radius 1 is 0.481 bits per heavy atom. The van der Waals surface area contributed by atoms with Gasteiger partial charge in [-0.2, -0.15) is 61.5 Å². The second-order valence-electron chi connectivity index (χ2n) is 5.22. The Balaban J connectivity index is 6.68. The molecule has 1 atom stereocenters. The highest BCUT2D eigenvalue weighted by molar-refractivity contribution is 14.1. The van der Waals surface area contributed by atoms with E-state index in [4.69, 9.17) is 0 Å². The minimum absolute atomic E-state index is 0.238. The van der Waals surface area contributed by atoms with Gasteiger partial charge in [0.05, 0.1) is 0 Å². The molecule has 0 rings (SSSR count). The van der Waals surface area contributed by atoms with Crippen molar-refractivity contribution in [3.8, 4) is 0 Å². The van der Waals surface area contributed by atoms with Crippen LogP contribution in [-0.4, -0.2) is 40.0 Å². The average molecular weight is 556 g/mol. The molecule has 0 radical (unpaired) electrons. The minimum Gasteiger partial charge on any atom is -0.224 e. The topological polar surface area (TPSA) is 0 Å². The first-order valence-electron chi connectivity index (χ1n) is 6.02. The van der Waals surface area contributed by atoms with Gasteiger partial charge in [-0.05, 0) is 22.6 Å². The Morgan fingerprint density at radius 3 is 0.963 bits per heavy atom. The van der Waals surface area contributed by atoms with Gasteiger partial charge in [-0.1, -0.05) is 0 Å². The largest absolute Gasteiger partial charge is 0.431 e. The van der Waals surface area contributed by atoms with Crippen LogP contribution < -0.4 is 0 Å². The van der Waals surface area contributed by atoms with Crippen LogP contribution in [0.25, 0.3) is 0 Å². The second kappa shape index (κ2) is 7.14. The SMILES string of the molecule is FC(F)(I)CC(CC(F)(C(F)(F)F)C(F)(F)F)C(F)(C(F)(F)F)C(F)(F)F. The normalized spacial score (nSPS) is 17.2. The summed E-state index contributed by atoms with van der Waals surface area (Å²) in [4.78, 5) is 0. The van der Waals surface area contributed by atoms with Gasteiger partial charge in [-0.3, -0.25) is 0 Å². The molecular formula is C10H5F16I. The van der Waals surface area contributed by atoms with Crippen LogP contribution in [0.5, 0.6) is 0 Å². The number of alkyl halides is 17. The van der Waals surface area contributed by atoms with Crippen molar-refractivity contribution in [1.29, 1.82) is 0 Å². The molecule has 0 nitrogen and oxygen atoms in total. The van der Waals surface area contributed by atoms with Gasteiger partial charge in [-0.25, -0.2) is 8.78 Å². The molecule has 0 bridgehead atoms. The fourth-order valence-corrected chi connectivity index (χ4v) is 2.52. The molecule has 0 aliphatic heterocycles. The van der Waals surface area contributed by atoms with Gasteiger partial charge in [0.25, 0.3) is 9.60 Å². The van der Waals surface area contributed by atoms with Crippen LogP contribution in [0.3, 0.4) is 0 Å². The summed E-state index contributed by atoms with van der Waals surface area (Å²) in [5, 5.41) is 0. The van der Waals surface area contributed by atoms with E-state index in [0.717, 1.165) is 0 Å². The monoisotopic (exact) mass is 556 g/mol. The summed E-state index contributed by atoms with van der Waals surface area (Å²) >= 11 is -0.238. The number of halogens is 17. The maximum atomic E-state index is 13.8. The highest BCUT2D eigenvalue weighted by Crippen LogP contribution is 2.59. The zero-order valence-electron chi connectivity index (χ0n) is 11.9. The molecule has 0 heterocycles. The van der Waals surface area contributed by atoms with E-state index in [9.17, 15) is 70.2 Å². The van der Waals surface area contributed by atoms with Crippen LogP contribution in [0.15, 0.2) is 0 Å². The first-order chi connectivity index (χ1) is 11.3. The van der Waals surface area contributed by atoms with Crippen LogP contribution >= 0.6 is 22.6 Å². The molecule has 0 aromatic rings. The molecule has 0 aromatic carbocycles. The Kier molecular flexibility index (Phi) is 7.04. The molecular weight excluding hydrogens is 551 g/mol. The third-order valence-electron chi connectivity index (χ3n) is 3.29. The van der Waals surface area contributed by atoms with E-state index in [1.165, 1.54) is 0 Å². The predicted octanol–water partition coefficient (Wildman–Crippen LogP) is 7.08. The summed E-state index contributed by atoms with van der Waals surface area (Å²) in [6, 6.07) is 0. The van der Waals surface area contributed by atoms with Gasteiger partial charge in [0.1, 0.15) is 0 Å². The van der Waals surface area contributed by atoms with E-state index in [1.807, 2.05) is 0 Å². The second-order valence-corrected chi connectivity index (χ2v) is 6.80. The fourth-order valence-electron chi connectivity index (χ4n) is 1.99. The van der Waals surface area contributed by atoms with E-state index < -0.39 is 58.7 Å². The van der Waals surface area contributed by atoms with Crippen molar-refractivity contribution in [2.45, 2.75) is 52.8 Å². The molecule has 0 fully saturated rings. The van der Waals surface area contributed by atoms with E-state index in [2.05, 4.69) is 0 Å². The van der Waals surface area contributed by atoms with Crippen LogP contribution in [0.1, 0.15) is 12.8 Å². The molecule has 17 heteroatoms. The smallest absolute Gasteiger partial charge is 0.224 e. The van der Waals surface area contributed by atoms with Gasteiger partial charge in [0, 0.05) is 18.8 Å². The van der Waals surface area contributed by atoms with Crippen molar-refractivity contribution in [1.82, 2.24) is 0 Å². The molecule has 0 aromatic heterocycles. The molecule has 0 saturated carbocycles. The van der Waals surface area contributed by atoms with E-state index in [0.29, 0.717) is 0 Å². The molecule has 27 heavy (non-hydrogen) atoms. The zero-order chi connectivity index (χ0) is 22.5. The minimum atomic E-state index is -7.28. The molecule has 0 N–H and O–H groups in total. The summed E-state index contributed by atoms with van der Waals surface area (Å²) in [6.45, 7) is 0. The molecule has 1 unspecified atom stereocenters. The third-order valence-corrected chi connectivity index (χ3v) is 3.73. The molecule has 164 valence electrons. The number of rotatable bonds is 5. The Bertz CT molecular complexity index is 474. The Morgan fingerprint density at radius 2 is 0.778 bits per heavy atom. The van der Waals surface area contributed by atoms with Crippen molar-refractivity contribution in [3.05, 3.63) is 0 Å². The summed E-state index contributed by atoms with van der Waals surface area (Å²) < 4.78 is 198. The predicted molar refractivity (Wildman–Crippen MR) is 63.6 cm³/mol. The van der Waals surface area contributed by atoms with Crippen molar-refractivity contribution in [2.75, 3.05) is 0 Å². The van der Waals surface area contributed by atoms with Crippen molar-refractivity contribution in [3.63, 3.8) is 0 Å². The highest BCUT2D eigenvalue weighted by Gasteiger charge is 2.80. The highest BCUT2D eigenvalue weighted by atomic mass is 127. The van der Waals surface area contributed by atoms with E-state index >= 15 is 0 Å². The Labute approximate surface area is 152 Å². The standard InChI is InChI=1S/C10H5F16I/c11-4(7(15,16)17,8(18,19)20)1-3(2-5(12,13)27)6(14,9(21,22)23)10(24,25)26/h3H,1-2H2. The van der Waals surface area contributed by atoms with Crippen molar-refractivity contribution < 1.29 is 70.2 Å². The quantitative estimate of drug-likeness (QED) is 0.193. The van der Waals surface area contributed by atoms with Crippen LogP contribution in [0.4, 0.5) is 70.2 Å². The van der Waals surface area contributed by atoms with Crippen LogP contribution in [0.2, 0.25) is 0 Å². The molecule has 0 spiro atoms. The van der Waals surface area contributed by atoms with Crippen molar-refractivity contribution >= 4 is 22.6 Å². The number of hydrogen-bond donors (Lipinski definition) is 0. The zero-order valence-corrected chi connectivity index (χ0v) is 14.1.